The van der Waals surface area contributed by atoms with E-state index in [-0.39, 0.29) is 58.0 Å². The van der Waals surface area contributed by atoms with Gasteiger partial charge in [0.25, 0.3) is 18.8 Å². The molecule has 4 aliphatic rings. The predicted octanol–water partition coefficient (Wildman–Crippen LogP) is 7.62. The summed E-state index contributed by atoms with van der Waals surface area (Å²) < 4.78 is 60.3. The Morgan fingerprint density at radius 2 is 1.32 bits per heavy atom. The van der Waals surface area contributed by atoms with Gasteiger partial charge in [-0.25, -0.2) is 27.5 Å². The number of nitrogens with two attached hydrogens (primary N) is 1. The third-order valence-corrected chi connectivity index (χ3v) is 13.8. The molecule has 344 valence electrons. The highest BCUT2D eigenvalue weighted by atomic mass is 19.3. The monoisotopic (exact) mass is 898 g/mol. The molecule has 4 fully saturated rings. The van der Waals surface area contributed by atoms with Gasteiger partial charge in [0, 0.05) is 46.4 Å². The fourth-order valence-electron chi connectivity index (χ4n) is 10.2. The number of pyridine rings is 2. The molecule has 3 amide bonds. The van der Waals surface area contributed by atoms with E-state index in [1.54, 1.807) is 26.8 Å². The van der Waals surface area contributed by atoms with Gasteiger partial charge in [-0.05, 0) is 151 Å². The van der Waals surface area contributed by atoms with E-state index < -0.39 is 54.0 Å². The highest BCUT2D eigenvalue weighted by molar-refractivity contribution is 6.00. The Hall–Kier alpha value is -5.98. The summed E-state index contributed by atoms with van der Waals surface area (Å²) >= 11 is 0. The molecule has 0 saturated heterocycles. The van der Waals surface area contributed by atoms with Crippen LogP contribution in [0, 0.1) is 62.2 Å². The number of anilines is 2. The smallest absolute Gasteiger partial charge is 0.281 e. The molecule has 5 heterocycles. The predicted molar refractivity (Wildman–Crippen MR) is 233 cm³/mol. The number of aryl methyl sites for hydroxylation is 4. The van der Waals surface area contributed by atoms with Crippen molar-refractivity contribution in [3.63, 3.8) is 0 Å². The number of carbonyl (C=O) groups excluding carboxylic acids is 3. The van der Waals surface area contributed by atoms with Crippen LogP contribution in [0.3, 0.4) is 0 Å². The third-order valence-electron chi connectivity index (χ3n) is 13.8. The number of halogens is 4. The maximum Gasteiger partial charge on any atom is 0.281 e. The van der Waals surface area contributed by atoms with Crippen LogP contribution in [0.5, 0.6) is 0 Å². The molecule has 65 heavy (non-hydrogen) atoms. The lowest BCUT2D eigenvalue weighted by Crippen LogP contribution is -2.50. The quantitative estimate of drug-likeness (QED) is 0.0449. The van der Waals surface area contributed by atoms with Gasteiger partial charge in [-0.1, -0.05) is 0 Å². The highest BCUT2D eigenvalue weighted by Crippen LogP contribution is 2.56. The van der Waals surface area contributed by atoms with Crippen LogP contribution in [0.4, 0.5) is 29.2 Å². The van der Waals surface area contributed by atoms with Crippen LogP contribution in [0.25, 0.3) is 22.3 Å². The van der Waals surface area contributed by atoms with Gasteiger partial charge in [0.15, 0.2) is 0 Å². The molecular formula is C46H54F4N12O3. The van der Waals surface area contributed by atoms with Crippen LogP contribution in [-0.2, 0) is 22.6 Å². The van der Waals surface area contributed by atoms with Gasteiger partial charge in [0.1, 0.15) is 34.8 Å². The van der Waals surface area contributed by atoms with Crippen molar-refractivity contribution < 1.29 is 31.9 Å². The molecule has 5 aromatic rings. The van der Waals surface area contributed by atoms with Gasteiger partial charge in [-0.15, -0.1) is 0 Å². The lowest BCUT2D eigenvalue weighted by molar-refractivity contribution is -0.120. The first-order valence-corrected chi connectivity index (χ1v) is 22.6. The minimum Gasteiger partial charge on any atom is -0.339 e. The number of aromatic amines is 2. The summed E-state index contributed by atoms with van der Waals surface area (Å²) in [6.45, 7) is 7.42. The highest BCUT2D eigenvalue weighted by Gasteiger charge is 2.54. The summed E-state index contributed by atoms with van der Waals surface area (Å²) in [6, 6.07) is 5.71. The largest absolute Gasteiger partial charge is 0.339 e. The molecule has 5 atom stereocenters. The Balaban J connectivity index is 0.962. The molecule has 0 radical (unpaired) electrons. The van der Waals surface area contributed by atoms with Crippen LogP contribution in [0.15, 0.2) is 36.5 Å². The lowest BCUT2D eigenvalue weighted by atomic mass is 9.86. The van der Waals surface area contributed by atoms with E-state index in [1.807, 2.05) is 6.92 Å². The number of H-pyrrole nitrogens is 2. The lowest BCUT2D eigenvalue weighted by Gasteiger charge is -2.28. The van der Waals surface area contributed by atoms with Crippen LogP contribution in [-0.4, -0.2) is 69.9 Å². The fourth-order valence-corrected chi connectivity index (χ4v) is 10.2. The van der Waals surface area contributed by atoms with Crippen molar-refractivity contribution in [3.05, 3.63) is 76.4 Å². The van der Waals surface area contributed by atoms with E-state index in [0.717, 1.165) is 38.5 Å². The van der Waals surface area contributed by atoms with Gasteiger partial charge in [0.2, 0.25) is 11.8 Å². The van der Waals surface area contributed by atoms with Crippen LogP contribution < -0.4 is 21.7 Å². The zero-order valence-corrected chi connectivity index (χ0v) is 36.7. The molecule has 0 aliphatic heterocycles. The van der Waals surface area contributed by atoms with Gasteiger partial charge in [0.05, 0.1) is 17.4 Å². The standard InChI is InChI=1S/C46H54F4N12O3/c1-5-62-31(16-17-52-62)44(63)57-41(46(65)56-33-14-12-27(39(54-33)42(47)48)34-20(2)58-59-21(34)3)37(25-10-11-25)29-18-26(29)19-30-35(22(4)60-61-30)28-13-15-32(53-40(28)43(49)50)55-45(64)38(51)36(23-6-7-23)24-8-9-24/h12-17,23-26,29,36-38,41-43H,5-11,18-19,51H2,1-4H3,(H,57,63)(H,58,59)(H,60,61)(H,53,55,64)(H,54,56,65)/t26?,29?,37?,38-,41-/m0/s1. The first-order chi connectivity index (χ1) is 31.2. The number of carbonyl (C=O) groups is 3. The molecule has 0 bridgehead atoms. The molecule has 3 unspecified atom stereocenters. The molecular weight excluding hydrogens is 845 g/mol. The number of amides is 3. The number of nitrogens with zero attached hydrogens (tertiary/aromatic N) is 6. The van der Waals surface area contributed by atoms with Gasteiger partial charge in [-0.2, -0.15) is 15.3 Å². The molecule has 9 rings (SSSR count). The molecule has 0 spiro atoms. The fraction of sp³-hybridized carbons (Fsp3) is 0.522. The Morgan fingerprint density at radius 3 is 1.88 bits per heavy atom. The Morgan fingerprint density at radius 1 is 0.769 bits per heavy atom. The van der Waals surface area contributed by atoms with Crippen molar-refractivity contribution in [1.82, 2.24) is 45.5 Å². The van der Waals surface area contributed by atoms with E-state index in [2.05, 4.69) is 51.4 Å². The minimum absolute atomic E-state index is 0.000143. The topological polar surface area (TPSA) is 214 Å². The van der Waals surface area contributed by atoms with E-state index >= 15 is 0 Å². The van der Waals surface area contributed by atoms with E-state index in [1.165, 1.54) is 35.1 Å². The maximum atomic E-state index is 14.9. The molecule has 7 N–H and O–H groups in total. The van der Waals surface area contributed by atoms with Crippen molar-refractivity contribution in [3.8, 4) is 22.3 Å². The Bertz CT molecular complexity index is 2560. The maximum absolute atomic E-state index is 14.9. The van der Waals surface area contributed by atoms with E-state index in [0.29, 0.717) is 65.1 Å². The second-order valence-corrected chi connectivity index (χ2v) is 18.4. The van der Waals surface area contributed by atoms with Crippen LogP contribution in [0.1, 0.15) is 109 Å². The number of alkyl halides is 4. The Labute approximate surface area is 372 Å². The number of hydrogen-bond acceptors (Lipinski definition) is 9. The van der Waals surface area contributed by atoms with Crippen molar-refractivity contribution in [2.24, 2.45) is 47.2 Å². The van der Waals surface area contributed by atoms with Crippen molar-refractivity contribution in [2.75, 3.05) is 10.6 Å². The Kier molecular flexibility index (Phi) is 12.1. The number of hydrogen-bond donors (Lipinski definition) is 6. The average molecular weight is 899 g/mol. The molecule has 4 aliphatic carbocycles. The molecule has 0 aromatic carbocycles. The summed E-state index contributed by atoms with van der Waals surface area (Å²) in [4.78, 5) is 50.1. The van der Waals surface area contributed by atoms with Gasteiger partial charge < -0.3 is 21.7 Å². The molecule has 15 nitrogen and oxygen atoms in total. The number of nitrogens with one attached hydrogen (secondary N) is 5. The summed E-state index contributed by atoms with van der Waals surface area (Å²) in [5.41, 5.74) is 9.27. The number of aromatic nitrogens is 8. The van der Waals surface area contributed by atoms with E-state index in [4.69, 9.17) is 5.73 Å². The van der Waals surface area contributed by atoms with Gasteiger partial charge >= 0.3 is 0 Å². The zero-order chi connectivity index (χ0) is 45.8. The summed E-state index contributed by atoms with van der Waals surface area (Å²) in [5, 5.41) is 27.1. The molecule has 5 aromatic heterocycles. The average Bonchev–Trinajstić information content (AvgIpc) is 4.09. The van der Waals surface area contributed by atoms with Crippen molar-refractivity contribution in [2.45, 2.75) is 111 Å². The van der Waals surface area contributed by atoms with Crippen LogP contribution >= 0.6 is 0 Å². The second-order valence-electron chi connectivity index (χ2n) is 18.4. The molecule has 4 saturated carbocycles. The van der Waals surface area contributed by atoms with Crippen molar-refractivity contribution in [1.29, 1.82) is 0 Å². The summed E-state index contributed by atoms with van der Waals surface area (Å²) in [7, 11) is 0. The normalized spacial score (nSPS) is 19.7. The minimum atomic E-state index is -2.97. The number of rotatable bonds is 19. The molecule has 19 heteroatoms. The van der Waals surface area contributed by atoms with Crippen molar-refractivity contribution >= 4 is 29.4 Å². The first kappa shape index (κ1) is 44.2. The first-order valence-electron chi connectivity index (χ1n) is 22.6. The van der Waals surface area contributed by atoms with E-state index in [9.17, 15) is 31.9 Å². The third kappa shape index (κ3) is 9.16. The summed E-state index contributed by atoms with van der Waals surface area (Å²) in [5.74, 6) is -1.11. The summed E-state index contributed by atoms with van der Waals surface area (Å²) in [6.07, 6.45) is 2.44. The zero-order valence-electron chi connectivity index (χ0n) is 36.7. The van der Waals surface area contributed by atoms with Crippen LogP contribution in [0.2, 0.25) is 0 Å². The van der Waals surface area contributed by atoms with Gasteiger partial charge in [-0.3, -0.25) is 29.3 Å². The SMILES string of the molecule is CCn1nccc1C(=O)N[C@H](C(=O)Nc1ccc(-c2c(C)n[nH]c2C)c(C(F)F)n1)C(C1CC1)C1CC1Cc1n[nH]c(C)c1-c1ccc(NC(=O)[C@@H](N)C(C2CC2)C2CC2)nc1C(F)F. The second kappa shape index (κ2) is 17.8.